The van der Waals surface area contributed by atoms with E-state index >= 15 is 0 Å². The van der Waals surface area contributed by atoms with Crippen molar-refractivity contribution in [2.45, 2.75) is 13.8 Å². The molecule has 22 heavy (non-hydrogen) atoms. The first-order valence-electron chi connectivity index (χ1n) is 6.63. The largest absolute Gasteiger partial charge is 0.451 e. The smallest absolute Gasteiger partial charge is 0.264 e. The minimum absolute atomic E-state index is 0.154. The van der Waals surface area contributed by atoms with E-state index in [0.717, 1.165) is 9.45 Å². The Morgan fingerprint density at radius 1 is 1.23 bits per heavy atom. The number of hydrogen-bond acceptors (Lipinski definition) is 4. The molecule has 0 saturated carbocycles. The zero-order valence-electron chi connectivity index (χ0n) is 12.0. The monoisotopic (exact) mass is 424 g/mol. The Balaban J connectivity index is 1.83. The normalized spacial score (nSPS) is 18.2. The molecule has 1 aromatic heterocycles. The summed E-state index contributed by atoms with van der Waals surface area (Å²) in [5.41, 5.74) is 3.23. The van der Waals surface area contributed by atoms with Crippen LogP contribution in [0.3, 0.4) is 0 Å². The lowest BCUT2D eigenvalue weighted by Crippen LogP contribution is -2.19. The Morgan fingerprint density at radius 3 is 2.73 bits per heavy atom. The van der Waals surface area contributed by atoms with Crippen LogP contribution in [0, 0.1) is 17.6 Å². The number of thioether (sulfide) groups is 1. The maximum Gasteiger partial charge on any atom is 0.264 e. The van der Waals surface area contributed by atoms with Gasteiger partial charge in [0, 0.05) is 6.08 Å². The van der Waals surface area contributed by atoms with Crippen LogP contribution in [0.2, 0.25) is 0 Å². The van der Waals surface area contributed by atoms with Crippen molar-refractivity contribution in [3.8, 4) is 0 Å². The maximum absolute atomic E-state index is 12.0. The number of carbonyl (C=O) groups excluding carboxylic acids is 1. The van der Waals surface area contributed by atoms with Crippen LogP contribution in [0.4, 0.5) is 5.69 Å². The summed E-state index contributed by atoms with van der Waals surface area (Å²) >= 11 is 3.41. The number of halogens is 1. The van der Waals surface area contributed by atoms with Gasteiger partial charge in [-0.05, 0) is 83.6 Å². The maximum atomic E-state index is 12.0. The highest BCUT2D eigenvalue weighted by molar-refractivity contribution is 14.1. The molecular formula is C16H13IN2O2S. The fourth-order valence-electron chi connectivity index (χ4n) is 1.93. The molecule has 112 valence electrons. The fraction of sp³-hybridized carbons (Fsp3) is 0.125. The molecule has 0 atom stereocenters. The number of amides is 1. The highest BCUT2D eigenvalue weighted by Gasteiger charge is 2.24. The van der Waals surface area contributed by atoms with Crippen molar-refractivity contribution >= 4 is 57.2 Å². The number of aliphatic imine (C=N–C) groups is 1. The van der Waals surface area contributed by atoms with Gasteiger partial charge in [-0.25, -0.2) is 4.99 Å². The lowest BCUT2D eigenvalue weighted by atomic mass is 10.1. The molecule has 1 fully saturated rings. The van der Waals surface area contributed by atoms with Crippen LogP contribution in [-0.2, 0) is 4.79 Å². The van der Waals surface area contributed by atoms with E-state index in [1.165, 1.54) is 22.9 Å². The van der Waals surface area contributed by atoms with Gasteiger partial charge in [-0.2, -0.15) is 0 Å². The number of amidine groups is 1. The first kappa shape index (κ1) is 15.4. The number of nitrogens with one attached hydrogen (secondary N) is 1. The molecule has 0 unspecified atom stereocenters. The van der Waals surface area contributed by atoms with Crippen molar-refractivity contribution in [1.82, 2.24) is 5.32 Å². The second kappa shape index (κ2) is 6.29. The van der Waals surface area contributed by atoms with E-state index in [1.54, 1.807) is 6.08 Å². The summed E-state index contributed by atoms with van der Waals surface area (Å²) in [4.78, 5) is 17.0. The number of furan rings is 1. The van der Waals surface area contributed by atoms with Gasteiger partial charge in [0.2, 0.25) is 0 Å². The Morgan fingerprint density at radius 2 is 2.05 bits per heavy atom. The van der Waals surface area contributed by atoms with Gasteiger partial charge < -0.3 is 9.73 Å². The van der Waals surface area contributed by atoms with Crippen LogP contribution in [0.1, 0.15) is 16.9 Å². The average Bonchev–Trinajstić information content (AvgIpc) is 3.01. The summed E-state index contributed by atoms with van der Waals surface area (Å²) in [6.07, 6.45) is 1.73. The number of benzene rings is 1. The molecule has 6 heteroatoms. The molecule has 2 heterocycles. The van der Waals surface area contributed by atoms with Crippen molar-refractivity contribution in [2.24, 2.45) is 4.99 Å². The Bertz CT molecular complexity index is 808. The molecule has 2 aromatic rings. The molecular weight excluding hydrogens is 411 g/mol. The van der Waals surface area contributed by atoms with Crippen molar-refractivity contribution < 1.29 is 9.21 Å². The van der Waals surface area contributed by atoms with E-state index in [1.807, 2.05) is 37.3 Å². The third-order valence-corrected chi connectivity index (χ3v) is 4.73. The average molecular weight is 424 g/mol. The van der Waals surface area contributed by atoms with Gasteiger partial charge in [0.05, 0.1) is 10.6 Å². The second-order valence-corrected chi connectivity index (χ2v) is 6.99. The second-order valence-electron chi connectivity index (χ2n) is 4.89. The molecule has 1 aliphatic heterocycles. The molecule has 3 rings (SSSR count). The van der Waals surface area contributed by atoms with Crippen LogP contribution in [-0.4, -0.2) is 11.1 Å². The molecule has 0 aliphatic carbocycles. The highest BCUT2D eigenvalue weighted by Crippen LogP contribution is 2.29. The summed E-state index contributed by atoms with van der Waals surface area (Å²) in [7, 11) is 0. The van der Waals surface area contributed by atoms with Crippen molar-refractivity contribution in [1.29, 1.82) is 0 Å². The third-order valence-electron chi connectivity index (χ3n) is 3.24. The molecule has 1 saturated heterocycles. The van der Waals surface area contributed by atoms with Crippen LogP contribution in [0.15, 0.2) is 44.6 Å². The summed E-state index contributed by atoms with van der Waals surface area (Å²) in [6, 6.07) is 9.66. The first-order chi connectivity index (χ1) is 10.5. The SMILES string of the molecule is Cc1ccc(N=C2NC(=O)/C(=C/c3ccc(I)o3)S2)cc1C. The molecule has 0 spiro atoms. The van der Waals surface area contributed by atoms with Crippen molar-refractivity contribution in [3.63, 3.8) is 0 Å². The summed E-state index contributed by atoms with van der Waals surface area (Å²) in [6.45, 7) is 4.10. The minimum Gasteiger partial charge on any atom is -0.451 e. The van der Waals surface area contributed by atoms with Gasteiger partial charge in [0.15, 0.2) is 8.93 Å². The molecule has 4 nitrogen and oxygen atoms in total. The van der Waals surface area contributed by atoms with E-state index in [2.05, 4.69) is 39.8 Å². The first-order valence-corrected chi connectivity index (χ1v) is 8.53. The van der Waals surface area contributed by atoms with Crippen LogP contribution in [0.5, 0.6) is 0 Å². The van der Waals surface area contributed by atoms with Gasteiger partial charge in [0.25, 0.3) is 5.91 Å². The zero-order chi connectivity index (χ0) is 15.7. The standard InChI is InChI=1S/C16H13IN2O2S/c1-9-3-4-11(7-10(9)2)18-16-19-15(20)13(22-16)8-12-5-6-14(17)21-12/h3-8H,1-2H3,(H,18,19,20)/b13-8-. The summed E-state index contributed by atoms with van der Waals surface area (Å²) < 4.78 is 6.24. The van der Waals surface area contributed by atoms with Gasteiger partial charge in [-0.3, -0.25) is 4.79 Å². The number of hydrogen-bond donors (Lipinski definition) is 1. The van der Waals surface area contributed by atoms with E-state index in [4.69, 9.17) is 4.42 Å². The Kier molecular flexibility index (Phi) is 4.39. The lowest BCUT2D eigenvalue weighted by Gasteiger charge is -2.01. The molecule has 1 N–H and O–H groups in total. The molecule has 0 radical (unpaired) electrons. The fourth-order valence-corrected chi connectivity index (χ4v) is 3.18. The number of nitrogens with zero attached hydrogens (tertiary/aromatic N) is 1. The van der Waals surface area contributed by atoms with Crippen LogP contribution in [0.25, 0.3) is 6.08 Å². The van der Waals surface area contributed by atoms with Gasteiger partial charge in [-0.1, -0.05) is 6.07 Å². The van der Waals surface area contributed by atoms with E-state index in [9.17, 15) is 4.79 Å². The Hall–Kier alpha value is -1.54. The van der Waals surface area contributed by atoms with Crippen molar-refractivity contribution in [3.05, 3.63) is 55.9 Å². The molecule has 1 amide bonds. The van der Waals surface area contributed by atoms with Crippen molar-refractivity contribution in [2.75, 3.05) is 0 Å². The minimum atomic E-state index is -0.154. The number of rotatable bonds is 2. The topological polar surface area (TPSA) is 54.6 Å². The molecule has 1 aliphatic rings. The lowest BCUT2D eigenvalue weighted by molar-refractivity contribution is -0.115. The predicted octanol–water partition coefficient (Wildman–Crippen LogP) is 4.39. The van der Waals surface area contributed by atoms with Gasteiger partial charge >= 0.3 is 0 Å². The van der Waals surface area contributed by atoms with Crippen LogP contribution < -0.4 is 5.32 Å². The van der Waals surface area contributed by atoms with Crippen LogP contribution >= 0.6 is 34.4 Å². The molecule has 1 aromatic carbocycles. The number of aryl methyl sites for hydroxylation is 2. The van der Waals surface area contributed by atoms with E-state index in [-0.39, 0.29) is 5.91 Å². The van der Waals surface area contributed by atoms with E-state index in [0.29, 0.717) is 15.8 Å². The third kappa shape index (κ3) is 3.44. The Labute approximate surface area is 146 Å². The van der Waals surface area contributed by atoms with E-state index < -0.39 is 0 Å². The molecule has 0 bridgehead atoms. The quantitative estimate of drug-likeness (QED) is 0.575. The summed E-state index contributed by atoms with van der Waals surface area (Å²) in [5.74, 6) is 0.508. The van der Waals surface area contributed by atoms with Gasteiger partial charge in [0.1, 0.15) is 5.76 Å². The zero-order valence-corrected chi connectivity index (χ0v) is 15.0. The highest BCUT2D eigenvalue weighted by atomic mass is 127. The predicted molar refractivity (Wildman–Crippen MR) is 98.1 cm³/mol. The van der Waals surface area contributed by atoms with Gasteiger partial charge in [-0.15, -0.1) is 0 Å². The number of carbonyl (C=O) groups is 1. The summed E-state index contributed by atoms with van der Waals surface area (Å²) in [5, 5.41) is 3.36.